The van der Waals surface area contributed by atoms with Crippen LogP contribution in [0.1, 0.15) is 15.9 Å². The van der Waals surface area contributed by atoms with Gasteiger partial charge in [0.05, 0.1) is 11.3 Å². The highest BCUT2D eigenvalue weighted by Crippen LogP contribution is 2.30. The number of aromatic nitrogens is 4. The second-order valence-electron chi connectivity index (χ2n) is 7.20. The van der Waals surface area contributed by atoms with Crippen molar-refractivity contribution in [3.8, 4) is 11.4 Å². The van der Waals surface area contributed by atoms with Crippen LogP contribution in [0.2, 0.25) is 0 Å². The molecule has 0 aliphatic carbocycles. The molecule has 0 aliphatic rings. The fraction of sp³-hybridized carbons (Fsp3) is 0.0870. The van der Waals surface area contributed by atoms with E-state index in [2.05, 4.69) is 26.2 Å². The summed E-state index contributed by atoms with van der Waals surface area (Å²) in [6.45, 7) is -0.421. The standard InChI is InChI=1S/C23H17F3N6O3/c24-23(25,26)16-2-1-3-18(12-16)28-21(33)13-35-20-10-4-15(5-11-20)22(34)29-17-6-8-19(9-7-17)32-14-27-30-31-32/h1-12,14H,13H2,(H,28,33)(H,29,34). The van der Waals surface area contributed by atoms with Crippen molar-refractivity contribution in [2.24, 2.45) is 0 Å². The third-order valence-electron chi connectivity index (χ3n) is 4.70. The van der Waals surface area contributed by atoms with Crippen LogP contribution in [0.4, 0.5) is 24.5 Å². The van der Waals surface area contributed by atoms with Crippen molar-refractivity contribution in [3.63, 3.8) is 0 Å². The van der Waals surface area contributed by atoms with Gasteiger partial charge in [-0.05, 0) is 77.2 Å². The average molecular weight is 482 g/mol. The molecular formula is C23H17F3N6O3. The molecule has 0 spiro atoms. The van der Waals surface area contributed by atoms with Crippen LogP contribution in [-0.2, 0) is 11.0 Å². The number of alkyl halides is 3. The third-order valence-corrected chi connectivity index (χ3v) is 4.70. The molecule has 12 heteroatoms. The van der Waals surface area contributed by atoms with Crippen LogP contribution >= 0.6 is 0 Å². The van der Waals surface area contributed by atoms with Gasteiger partial charge in [0.15, 0.2) is 6.61 Å². The van der Waals surface area contributed by atoms with E-state index in [9.17, 15) is 22.8 Å². The Kier molecular flexibility index (Phi) is 6.71. The van der Waals surface area contributed by atoms with E-state index in [0.29, 0.717) is 17.0 Å². The predicted molar refractivity (Wildman–Crippen MR) is 119 cm³/mol. The zero-order valence-corrected chi connectivity index (χ0v) is 17.9. The van der Waals surface area contributed by atoms with E-state index in [1.807, 2.05) is 0 Å². The minimum absolute atomic E-state index is 0.00596. The fourth-order valence-corrected chi connectivity index (χ4v) is 3.00. The summed E-state index contributed by atoms with van der Waals surface area (Å²) in [5.74, 6) is -0.670. The predicted octanol–water partition coefficient (Wildman–Crippen LogP) is 3.95. The SMILES string of the molecule is O=C(COc1ccc(C(=O)Nc2ccc(-n3cnnn3)cc2)cc1)Nc1cccc(C(F)(F)F)c1. The number of anilines is 2. The molecule has 4 rings (SSSR count). The van der Waals surface area contributed by atoms with Crippen molar-refractivity contribution in [1.29, 1.82) is 0 Å². The van der Waals surface area contributed by atoms with Gasteiger partial charge in [-0.15, -0.1) is 5.10 Å². The highest BCUT2D eigenvalue weighted by Gasteiger charge is 2.30. The monoisotopic (exact) mass is 482 g/mol. The molecule has 0 radical (unpaired) electrons. The fourth-order valence-electron chi connectivity index (χ4n) is 3.00. The number of amides is 2. The Balaban J connectivity index is 1.28. The molecule has 1 aromatic heterocycles. The zero-order valence-electron chi connectivity index (χ0n) is 17.9. The highest BCUT2D eigenvalue weighted by molar-refractivity contribution is 6.04. The smallest absolute Gasteiger partial charge is 0.416 e. The van der Waals surface area contributed by atoms with E-state index in [0.717, 1.165) is 17.8 Å². The molecule has 0 bridgehead atoms. The first kappa shape index (κ1) is 23.4. The van der Waals surface area contributed by atoms with Crippen molar-refractivity contribution in [2.45, 2.75) is 6.18 Å². The van der Waals surface area contributed by atoms with Gasteiger partial charge in [-0.2, -0.15) is 13.2 Å². The quantitative estimate of drug-likeness (QED) is 0.413. The summed E-state index contributed by atoms with van der Waals surface area (Å²) < 4.78 is 45.2. The second kappa shape index (κ2) is 10.0. The number of carbonyl (C=O) groups excluding carboxylic acids is 2. The molecule has 35 heavy (non-hydrogen) atoms. The Bertz CT molecular complexity index is 1310. The lowest BCUT2D eigenvalue weighted by atomic mass is 10.2. The second-order valence-corrected chi connectivity index (χ2v) is 7.20. The first-order valence-corrected chi connectivity index (χ1v) is 10.1. The van der Waals surface area contributed by atoms with Crippen LogP contribution in [0.15, 0.2) is 79.1 Å². The summed E-state index contributed by atoms with van der Waals surface area (Å²) in [6, 6.07) is 17.2. The molecule has 0 atom stereocenters. The number of nitrogens with zero attached hydrogens (tertiary/aromatic N) is 4. The van der Waals surface area contributed by atoms with E-state index in [1.54, 1.807) is 24.3 Å². The molecule has 3 aromatic carbocycles. The van der Waals surface area contributed by atoms with Gasteiger partial charge in [-0.25, -0.2) is 4.68 Å². The summed E-state index contributed by atoms with van der Waals surface area (Å²) in [7, 11) is 0. The number of rotatable bonds is 7. The molecule has 2 amide bonds. The van der Waals surface area contributed by atoms with Gasteiger partial charge in [-0.1, -0.05) is 6.07 Å². The molecule has 4 aromatic rings. The number of halogens is 3. The maximum Gasteiger partial charge on any atom is 0.416 e. The van der Waals surface area contributed by atoms with Crippen molar-refractivity contribution in [1.82, 2.24) is 20.2 Å². The van der Waals surface area contributed by atoms with Crippen LogP contribution < -0.4 is 15.4 Å². The highest BCUT2D eigenvalue weighted by atomic mass is 19.4. The van der Waals surface area contributed by atoms with Crippen molar-refractivity contribution >= 4 is 23.2 Å². The molecule has 1 heterocycles. The van der Waals surface area contributed by atoms with Gasteiger partial charge in [0.1, 0.15) is 12.1 Å². The van der Waals surface area contributed by atoms with E-state index in [-0.39, 0.29) is 11.6 Å². The number of carbonyl (C=O) groups is 2. The minimum Gasteiger partial charge on any atom is -0.484 e. The molecule has 0 saturated heterocycles. The zero-order chi connectivity index (χ0) is 24.8. The van der Waals surface area contributed by atoms with Crippen molar-refractivity contribution in [3.05, 3.63) is 90.3 Å². The number of hydrogen-bond acceptors (Lipinski definition) is 6. The number of hydrogen-bond donors (Lipinski definition) is 2. The molecule has 0 fully saturated rings. The lowest BCUT2D eigenvalue weighted by Crippen LogP contribution is -2.20. The normalized spacial score (nSPS) is 11.1. The summed E-state index contributed by atoms with van der Waals surface area (Å²) in [4.78, 5) is 24.5. The Morgan fingerprint density at radius 3 is 2.31 bits per heavy atom. The largest absolute Gasteiger partial charge is 0.484 e. The third kappa shape index (κ3) is 6.19. The Labute approximate surface area is 196 Å². The van der Waals surface area contributed by atoms with Crippen LogP contribution in [0, 0.1) is 0 Å². The van der Waals surface area contributed by atoms with E-state index >= 15 is 0 Å². The Morgan fingerprint density at radius 1 is 0.914 bits per heavy atom. The van der Waals surface area contributed by atoms with Gasteiger partial charge in [0.25, 0.3) is 11.8 Å². The maximum absolute atomic E-state index is 12.8. The minimum atomic E-state index is -4.51. The van der Waals surface area contributed by atoms with Gasteiger partial charge < -0.3 is 15.4 Å². The molecule has 2 N–H and O–H groups in total. The molecule has 0 saturated carbocycles. The summed E-state index contributed by atoms with van der Waals surface area (Å²) in [5.41, 5.74) is 0.792. The van der Waals surface area contributed by atoms with Crippen LogP contribution in [0.3, 0.4) is 0 Å². The average Bonchev–Trinajstić information content (AvgIpc) is 3.38. The molecule has 9 nitrogen and oxygen atoms in total. The Hall–Kier alpha value is -4.74. The summed E-state index contributed by atoms with van der Waals surface area (Å²) in [5, 5.41) is 16.0. The molecule has 0 aliphatic heterocycles. The van der Waals surface area contributed by atoms with Gasteiger partial charge >= 0.3 is 6.18 Å². The first-order chi connectivity index (χ1) is 16.8. The topological polar surface area (TPSA) is 111 Å². The molecule has 178 valence electrons. The van der Waals surface area contributed by atoms with Crippen LogP contribution in [0.5, 0.6) is 5.75 Å². The number of ether oxygens (including phenoxy) is 1. The first-order valence-electron chi connectivity index (χ1n) is 10.1. The summed E-state index contributed by atoms with van der Waals surface area (Å²) >= 11 is 0. The number of benzene rings is 3. The van der Waals surface area contributed by atoms with Crippen molar-refractivity contribution < 1.29 is 27.5 Å². The molecular weight excluding hydrogens is 465 g/mol. The van der Waals surface area contributed by atoms with E-state index < -0.39 is 24.3 Å². The number of tetrazole rings is 1. The van der Waals surface area contributed by atoms with E-state index in [1.165, 1.54) is 47.4 Å². The lowest BCUT2D eigenvalue weighted by Gasteiger charge is -2.11. The Morgan fingerprint density at radius 2 is 1.66 bits per heavy atom. The van der Waals surface area contributed by atoms with Gasteiger partial charge in [0, 0.05) is 16.9 Å². The van der Waals surface area contributed by atoms with Gasteiger partial charge in [-0.3, -0.25) is 9.59 Å². The van der Waals surface area contributed by atoms with Crippen molar-refractivity contribution in [2.75, 3.05) is 17.2 Å². The lowest BCUT2D eigenvalue weighted by molar-refractivity contribution is -0.137. The summed E-state index contributed by atoms with van der Waals surface area (Å²) in [6.07, 6.45) is -3.06. The van der Waals surface area contributed by atoms with Crippen LogP contribution in [0.25, 0.3) is 5.69 Å². The van der Waals surface area contributed by atoms with Gasteiger partial charge in [0.2, 0.25) is 0 Å². The molecule has 0 unspecified atom stereocenters. The van der Waals surface area contributed by atoms with E-state index in [4.69, 9.17) is 4.74 Å². The van der Waals surface area contributed by atoms with Crippen LogP contribution in [-0.4, -0.2) is 38.6 Å². The maximum atomic E-state index is 12.8. The number of nitrogens with one attached hydrogen (secondary N) is 2.